The lowest BCUT2D eigenvalue weighted by Crippen LogP contribution is -2.45. The van der Waals surface area contributed by atoms with Gasteiger partial charge >= 0.3 is 6.09 Å². The molecule has 33 heavy (non-hydrogen) atoms. The minimum atomic E-state index is -0.707. The van der Waals surface area contributed by atoms with Gasteiger partial charge in [-0.05, 0) is 81.3 Å². The fourth-order valence-corrected chi connectivity index (χ4v) is 5.07. The maximum Gasteiger partial charge on any atom is 0.414 e. The number of aryl methyl sites for hydroxylation is 1. The van der Waals surface area contributed by atoms with E-state index in [-0.39, 0.29) is 5.91 Å². The zero-order chi connectivity index (χ0) is 23.8. The van der Waals surface area contributed by atoms with Crippen LogP contribution in [0.3, 0.4) is 0 Å². The van der Waals surface area contributed by atoms with Gasteiger partial charge in [-0.15, -0.1) is 0 Å². The predicted molar refractivity (Wildman–Crippen MR) is 139 cm³/mol. The summed E-state index contributed by atoms with van der Waals surface area (Å²) in [6.45, 7) is 6.22. The first-order chi connectivity index (χ1) is 15.9. The van der Waals surface area contributed by atoms with E-state index in [0.29, 0.717) is 21.5 Å². The Morgan fingerprint density at radius 3 is 2.73 bits per heavy atom. The minimum Gasteiger partial charge on any atom is -0.399 e. The van der Waals surface area contributed by atoms with Gasteiger partial charge in [0, 0.05) is 31.0 Å². The number of nitrogens with zero attached hydrogens (tertiary/aromatic N) is 2. The number of thioether (sulfide) groups is 1. The molecular weight excluding hydrogens is 480 g/mol. The monoisotopic (exact) mass is 510 g/mol. The van der Waals surface area contributed by atoms with Gasteiger partial charge in [-0.2, -0.15) is 11.8 Å². The van der Waals surface area contributed by atoms with Gasteiger partial charge in [0.25, 0.3) is 0 Å². The number of benzene rings is 1. The van der Waals surface area contributed by atoms with Crippen LogP contribution in [0.1, 0.15) is 18.4 Å². The number of halogens is 1. The molecule has 0 bridgehead atoms. The minimum absolute atomic E-state index is 0.270. The standard InChI is InChI=1S/C23H31ClN4O3S2/c1-16-15-17(5-6-19(16)28-11-4-10-27(2)12-13-28)25-22(29)18(9-14-32-3)26-23(30)31-21-8-7-20(24)33-21/h5-8,15,18H,4,9-14H2,1-3H3,(H,25,29)(H,26,30)/t18-/m1/s1. The molecule has 0 aliphatic carbocycles. The van der Waals surface area contributed by atoms with Gasteiger partial charge in [-0.25, -0.2) is 4.79 Å². The molecule has 10 heteroatoms. The van der Waals surface area contributed by atoms with Gasteiger partial charge in [0.1, 0.15) is 6.04 Å². The number of carbonyl (C=O) groups is 2. The number of thiophene rings is 1. The van der Waals surface area contributed by atoms with Crippen molar-refractivity contribution in [1.29, 1.82) is 0 Å². The van der Waals surface area contributed by atoms with Gasteiger partial charge in [0.05, 0.1) is 4.34 Å². The molecule has 1 aromatic heterocycles. The van der Waals surface area contributed by atoms with Gasteiger partial charge in [0.15, 0.2) is 5.06 Å². The normalized spacial score (nSPS) is 15.6. The summed E-state index contributed by atoms with van der Waals surface area (Å²) in [4.78, 5) is 30.0. The molecule has 2 amide bonds. The van der Waals surface area contributed by atoms with Crippen molar-refractivity contribution in [3.8, 4) is 5.06 Å². The number of amides is 2. The molecular formula is C23H31ClN4O3S2. The first kappa shape index (κ1) is 25.7. The molecule has 180 valence electrons. The summed E-state index contributed by atoms with van der Waals surface area (Å²) < 4.78 is 5.78. The average Bonchev–Trinajstić information content (AvgIpc) is 3.05. The van der Waals surface area contributed by atoms with Crippen molar-refractivity contribution in [2.75, 3.05) is 55.5 Å². The summed E-state index contributed by atoms with van der Waals surface area (Å²) in [7, 11) is 2.15. The molecule has 1 aromatic carbocycles. The van der Waals surface area contributed by atoms with E-state index in [4.69, 9.17) is 16.3 Å². The van der Waals surface area contributed by atoms with E-state index in [1.54, 1.807) is 23.9 Å². The Bertz CT molecular complexity index is 956. The molecule has 2 heterocycles. The molecule has 2 aromatic rings. The molecule has 3 rings (SSSR count). The quantitative estimate of drug-likeness (QED) is 0.536. The van der Waals surface area contributed by atoms with Crippen LogP contribution in [0, 0.1) is 6.92 Å². The SMILES string of the molecule is CSCC[C@@H](NC(=O)Oc1ccc(Cl)s1)C(=O)Nc1ccc(N2CCCN(C)CC2)c(C)c1. The molecule has 0 radical (unpaired) electrons. The third-order valence-corrected chi connectivity index (χ3v) is 7.24. The molecule has 1 fully saturated rings. The van der Waals surface area contributed by atoms with E-state index >= 15 is 0 Å². The van der Waals surface area contributed by atoms with Gasteiger partial charge in [0.2, 0.25) is 5.91 Å². The van der Waals surface area contributed by atoms with Gasteiger partial charge in [-0.3, -0.25) is 4.79 Å². The Hall–Kier alpha value is -1.94. The van der Waals surface area contributed by atoms with Crippen LogP contribution in [0.15, 0.2) is 30.3 Å². The third kappa shape index (κ3) is 7.81. The lowest BCUT2D eigenvalue weighted by atomic mass is 10.1. The van der Waals surface area contributed by atoms with Crippen molar-refractivity contribution in [3.05, 3.63) is 40.2 Å². The van der Waals surface area contributed by atoms with Crippen LogP contribution in [0.2, 0.25) is 4.34 Å². The largest absolute Gasteiger partial charge is 0.414 e. The molecule has 1 aliphatic heterocycles. The number of ether oxygens (including phenoxy) is 1. The molecule has 0 unspecified atom stereocenters. The number of anilines is 2. The topological polar surface area (TPSA) is 73.9 Å². The van der Waals surface area contributed by atoms with Crippen molar-refractivity contribution in [2.45, 2.75) is 25.8 Å². The van der Waals surface area contributed by atoms with Crippen LogP contribution >= 0.6 is 34.7 Å². The van der Waals surface area contributed by atoms with E-state index in [0.717, 1.165) is 55.3 Å². The lowest BCUT2D eigenvalue weighted by Gasteiger charge is -2.25. The summed E-state index contributed by atoms with van der Waals surface area (Å²) in [5.41, 5.74) is 3.01. The van der Waals surface area contributed by atoms with Crippen LogP contribution in [0.5, 0.6) is 5.06 Å². The maximum absolute atomic E-state index is 13.0. The van der Waals surface area contributed by atoms with Gasteiger partial charge < -0.3 is 25.2 Å². The molecule has 0 spiro atoms. The van der Waals surface area contributed by atoms with Crippen molar-refractivity contribution >= 4 is 58.1 Å². The summed E-state index contributed by atoms with van der Waals surface area (Å²) in [5, 5.41) is 6.02. The molecule has 2 N–H and O–H groups in total. The fourth-order valence-electron chi connectivity index (χ4n) is 3.72. The Morgan fingerprint density at radius 1 is 1.21 bits per heavy atom. The highest BCUT2D eigenvalue weighted by molar-refractivity contribution is 7.98. The van der Waals surface area contributed by atoms with Crippen molar-refractivity contribution in [2.24, 2.45) is 0 Å². The van der Waals surface area contributed by atoms with Crippen LogP contribution in [0.4, 0.5) is 16.2 Å². The number of hydrogen-bond donors (Lipinski definition) is 2. The fraction of sp³-hybridized carbons (Fsp3) is 0.478. The first-order valence-corrected chi connectivity index (χ1v) is 13.5. The van der Waals surface area contributed by atoms with Crippen LogP contribution in [0.25, 0.3) is 0 Å². The van der Waals surface area contributed by atoms with E-state index in [1.165, 1.54) is 5.69 Å². The molecule has 0 saturated carbocycles. The highest BCUT2D eigenvalue weighted by atomic mass is 35.5. The van der Waals surface area contributed by atoms with Crippen molar-refractivity contribution in [1.82, 2.24) is 10.2 Å². The Morgan fingerprint density at radius 2 is 2.03 bits per heavy atom. The van der Waals surface area contributed by atoms with Crippen LogP contribution in [-0.4, -0.2) is 68.2 Å². The van der Waals surface area contributed by atoms with Crippen molar-refractivity contribution in [3.63, 3.8) is 0 Å². The van der Waals surface area contributed by atoms with E-state index in [1.807, 2.05) is 18.4 Å². The molecule has 1 saturated heterocycles. The Kier molecular flexibility index (Phi) is 9.73. The number of rotatable bonds is 8. The molecule has 1 atom stereocenters. The van der Waals surface area contributed by atoms with E-state index < -0.39 is 12.1 Å². The second-order valence-corrected chi connectivity index (χ2v) is 10.7. The zero-order valence-electron chi connectivity index (χ0n) is 19.2. The molecule has 1 aliphatic rings. The van der Waals surface area contributed by atoms with E-state index in [2.05, 4.69) is 40.5 Å². The van der Waals surface area contributed by atoms with Crippen molar-refractivity contribution < 1.29 is 14.3 Å². The lowest BCUT2D eigenvalue weighted by molar-refractivity contribution is -0.118. The van der Waals surface area contributed by atoms with Crippen LogP contribution < -0.4 is 20.3 Å². The second kappa shape index (κ2) is 12.5. The zero-order valence-corrected chi connectivity index (χ0v) is 21.6. The number of hydrogen-bond acceptors (Lipinski definition) is 7. The van der Waals surface area contributed by atoms with Crippen LogP contribution in [-0.2, 0) is 4.79 Å². The van der Waals surface area contributed by atoms with E-state index in [9.17, 15) is 9.59 Å². The third-order valence-electron chi connectivity index (χ3n) is 5.49. The number of nitrogens with one attached hydrogen (secondary N) is 2. The summed E-state index contributed by atoms with van der Waals surface area (Å²) in [5.74, 6) is 0.457. The summed E-state index contributed by atoms with van der Waals surface area (Å²) in [6.07, 6.45) is 2.91. The Labute approximate surface area is 208 Å². The highest BCUT2D eigenvalue weighted by Crippen LogP contribution is 2.28. The number of carbonyl (C=O) groups excluding carboxylic acids is 2. The maximum atomic E-state index is 13.0. The highest BCUT2D eigenvalue weighted by Gasteiger charge is 2.22. The van der Waals surface area contributed by atoms with Gasteiger partial charge in [-0.1, -0.05) is 22.9 Å². The second-order valence-electron chi connectivity index (χ2n) is 8.06. The summed E-state index contributed by atoms with van der Waals surface area (Å²) >= 11 is 8.65. The Balaban J connectivity index is 1.63. The smallest absolute Gasteiger partial charge is 0.399 e. The number of likely N-dealkylation sites (N-methyl/N-ethyl adjacent to an activating group) is 1. The first-order valence-electron chi connectivity index (χ1n) is 10.9. The predicted octanol–water partition coefficient (Wildman–Crippen LogP) is 4.70. The summed E-state index contributed by atoms with van der Waals surface area (Å²) in [6, 6.07) is 8.54. The average molecular weight is 511 g/mol. The molecule has 7 nitrogen and oxygen atoms in total.